The number of hydrogen-bond acceptors (Lipinski definition) is 5. The number of esters is 1. The van der Waals surface area contributed by atoms with Crippen molar-refractivity contribution in [1.29, 1.82) is 0 Å². The molecule has 1 aromatic carbocycles. The SMILES string of the molecule is COC(=O)C(Cc1cc(NCC(O)CCl)ccc1Cl)NC(C)=O. The van der Waals surface area contributed by atoms with Gasteiger partial charge in [-0.1, -0.05) is 11.6 Å². The zero-order chi connectivity index (χ0) is 17.4. The second-order valence-electron chi connectivity index (χ2n) is 4.98. The minimum atomic E-state index is -0.821. The maximum Gasteiger partial charge on any atom is 0.328 e. The normalized spacial score (nSPS) is 13.1. The van der Waals surface area contributed by atoms with Gasteiger partial charge in [-0.05, 0) is 23.8 Å². The van der Waals surface area contributed by atoms with Crippen LogP contribution in [0.4, 0.5) is 5.69 Å². The van der Waals surface area contributed by atoms with Gasteiger partial charge in [-0.3, -0.25) is 4.79 Å². The number of ether oxygens (including phenoxy) is 1. The molecule has 23 heavy (non-hydrogen) atoms. The van der Waals surface area contributed by atoms with Gasteiger partial charge in [0.25, 0.3) is 0 Å². The molecule has 1 aromatic rings. The van der Waals surface area contributed by atoms with Gasteiger partial charge in [0.05, 0.1) is 19.1 Å². The van der Waals surface area contributed by atoms with E-state index < -0.39 is 18.1 Å². The maximum absolute atomic E-state index is 11.8. The molecule has 3 N–H and O–H groups in total. The summed E-state index contributed by atoms with van der Waals surface area (Å²) in [6.45, 7) is 1.61. The average Bonchev–Trinajstić information content (AvgIpc) is 2.53. The molecule has 0 spiro atoms. The summed E-state index contributed by atoms with van der Waals surface area (Å²) in [6, 6.07) is 4.35. The van der Waals surface area contributed by atoms with E-state index in [-0.39, 0.29) is 24.8 Å². The quantitative estimate of drug-likeness (QED) is 0.482. The fraction of sp³-hybridized carbons (Fsp3) is 0.467. The van der Waals surface area contributed by atoms with E-state index in [1.165, 1.54) is 14.0 Å². The number of aliphatic hydroxyl groups is 1. The summed E-state index contributed by atoms with van der Waals surface area (Å²) in [4.78, 5) is 23.0. The van der Waals surface area contributed by atoms with Crippen LogP contribution in [0.5, 0.6) is 0 Å². The van der Waals surface area contributed by atoms with E-state index in [0.717, 1.165) is 5.69 Å². The number of benzene rings is 1. The minimum Gasteiger partial charge on any atom is -0.467 e. The lowest BCUT2D eigenvalue weighted by Gasteiger charge is -2.17. The van der Waals surface area contributed by atoms with Gasteiger partial charge in [0.1, 0.15) is 6.04 Å². The third-order valence-corrected chi connectivity index (χ3v) is 3.78. The average molecular weight is 363 g/mol. The second kappa shape index (κ2) is 9.60. The molecular weight excluding hydrogens is 343 g/mol. The smallest absolute Gasteiger partial charge is 0.328 e. The van der Waals surface area contributed by atoms with Crippen molar-refractivity contribution in [3.05, 3.63) is 28.8 Å². The molecule has 2 atom stereocenters. The Hall–Kier alpha value is -1.50. The molecule has 1 amide bonds. The Morgan fingerprint density at radius 2 is 2.09 bits per heavy atom. The van der Waals surface area contributed by atoms with Crippen LogP contribution in [0.3, 0.4) is 0 Å². The van der Waals surface area contributed by atoms with Crippen molar-refractivity contribution in [2.75, 3.05) is 24.9 Å². The van der Waals surface area contributed by atoms with Crippen LogP contribution in [0.25, 0.3) is 0 Å². The van der Waals surface area contributed by atoms with Gasteiger partial charge >= 0.3 is 5.97 Å². The van der Waals surface area contributed by atoms with Crippen LogP contribution in [0.15, 0.2) is 18.2 Å². The van der Waals surface area contributed by atoms with E-state index in [1.807, 2.05) is 0 Å². The van der Waals surface area contributed by atoms with Crippen LogP contribution in [0.1, 0.15) is 12.5 Å². The number of nitrogens with one attached hydrogen (secondary N) is 2. The molecule has 1 rings (SSSR count). The van der Waals surface area contributed by atoms with Crippen molar-refractivity contribution in [3.63, 3.8) is 0 Å². The largest absolute Gasteiger partial charge is 0.467 e. The van der Waals surface area contributed by atoms with Gasteiger partial charge < -0.3 is 20.5 Å². The van der Waals surface area contributed by atoms with E-state index in [9.17, 15) is 14.7 Å². The summed E-state index contributed by atoms with van der Waals surface area (Å²) in [5.74, 6) is -0.761. The number of hydrogen-bond donors (Lipinski definition) is 3. The first kappa shape index (κ1) is 19.5. The van der Waals surface area contributed by atoms with Crippen molar-refractivity contribution >= 4 is 40.8 Å². The highest BCUT2D eigenvalue weighted by Gasteiger charge is 2.22. The molecule has 2 unspecified atom stereocenters. The summed E-state index contributed by atoms with van der Waals surface area (Å²) >= 11 is 11.7. The first-order chi connectivity index (χ1) is 10.9. The summed E-state index contributed by atoms with van der Waals surface area (Å²) in [7, 11) is 1.25. The fourth-order valence-electron chi connectivity index (χ4n) is 1.93. The van der Waals surface area contributed by atoms with Crippen molar-refractivity contribution in [2.24, 2.45) is 0 Å². The van der Waals surface area contributed by atoms with Gasteiger partial charge in [0.2, 0.25) is 5.91 Å². The first-order valence-corrected chi connectivity index (χ1v) is 7.89. The number of rotatable bonds is 8. The number of carbonyl (C=O) groups is 2. The number of methoxy groups -OCH3 is 1. The van der Waals surface area contributed by atoms with Gasteiger partial charge in [0, 0.05) is 30.6 Å². The third kappa shape index (κ3) is 6.64. The first-order valence-electron chi connectivity index (χ1n) is 6.98. The minimum absolute atomic E-state index is 0.125. The number of halogens is 2. The molecule has 8 heteroatoms. The lowest BCUT2D eigenvalue weighted by molar-refractivity contribution is -0.144. The lowest BCUT2D eigenvalue weighted by Crippen LogP contribution is -2.42. The monoisotopic (exact) mass is 362 g/mol. The van der Waals surface area contributed by atoms with Crippen LogP contribution in [-0.2, 0) is 20.7 Å². The Bertz CT molecular complexity index is 554. The zero-order valence-electron chi connectivity index (χ0n) is 12.9. The maximum atomic E-state index is 11.8. The summed E-state index contributed by atoms with van der Waals surface area (Å²) in [5, 5.41) is 15.5. The molecular formula is C15H20Cl2N2O4. The molecule has 0 aliphatic rings. The molecule has 0 fully saturated rings. The molecule has 0 bridgehead atoms. The van der Waals surface area contributed by atoms with E-state index >= 15 is 0 Å². The van der Waals surface area contributed by atoms with E-state index in [2.05, 4.69) is 15.4 Å². The van der Waals surface area contributed by atoms with Gasteiger partial charge in [-0.15, -0.1) is 11.6 Å². The number of aliphatic hydroxyl groups excluding tert-OH is 1. The van der Waals surface area contributed by atoms with Crippen LogP contribution < -0.4 is 10.6 Å². The number of alkyl halides is 1. The predicted molar refractivity (Wildman–Crippen MR) is 90.0 cm³/mol. The molecule has 0 saturated heterocycles. The highest BCUT2D eigenvalue weighted by atomic mass is 35.5. The number of carbonyl (C=O) groups excluding carboxylic acids is 2. The van der Waals surface area contributed by atoms with E-state index in [4.69, 9.17) is 23.2 Å². The van der Waals surface area contributed by atoms with Gasteiger partial charge in [-0.2, -0.15) is 0 Å². The molecule has 128 valence electrons. The van der Waals surface area contributed by atoms with Crippen molar-refractivity contribution in [3.8, 4) is 0 Å². The summed E-state index contributed by atoms with van der Waals surface area (Å²) < 4.78 is 4.69. The highest BCUT2D eigenvalue weighted by Crippen LogP contribution is 2.22. The summed E-state index contributed by atoms with van der Waals surface area (Å²) in [6.07, 6.45) is -0.475. The van der Waals surface area contributed by atoms with Crippen molar-refractivity contribution in [1.82, 2.24) is 5.32 Å². The summed E-state index contributed by atoms with van der Waals surface area (Å²) in [5.41, 5.74) is 1.39. The topological polar surface area (TPSA) is 87.7 Å². The third-order valence-electron chi connectivity index (χ3n) is 3.05. The second-order valence-corrected chi connectivity index (χ2v) is 5.69. The van der Waals surface area contributed by atoms with Crippen LogP contribution >= 0.6 is 23.2 Å². The van der Waals surface area contributed by atoms with Crippen LogP contribution in [0.2, 0.25) is 5.02 Å². The molecule has 0 aliphatic carbocycles. The van der Waals surface area contributed by atoms with Crippen molar-refractivity contribution in [2.45, 2.75) is 25.5 Å². The Kier molecular flexibility index (Phi) is 8.16. The standard InChI is InChI=1S/C15H20Cl2N2O4/c1-9(20)19-14(15(22)23-2)6-10-5-11(3-4-13(10)17)18-8-12(21)7-16/h3-5,12,14,18,21H,6-8H2,1-2H3,(H,19,20). The Balaban J connectivity index is 2.87. The molecule has 0 aliphatic heterocycles. The number of amides is 1. The van der Waals surface area contributed by atoms with E-state index in [1.54, 1.807) is 18.2 Å². The lowest BCUT2D eigenvalue weighted by atomic mass is 10.0. The van der Waals surface area contributed by atoms with Crippen molar-refractivity contribution < 1.29 is 19.4 Å². The molecule has 0 radical (unpaired) electrons. The molecule has 0 heterocycles. The van der Waals surface area contributed by atoms with Gasteiger partial charge in [0.15, 0.2) is 0 Å². The van der Waals surface area contributed by atoms with Gasteiger partial charge in [-0.25, -0.2) is 4.79 Å². The predicted octanol–water partition coefficient (Wildman–Crippen LogP) is 1.57. The van der Waals surface area contributed by atoms with Crippen LogP contribution in [-0.4, -0.2) is 48.7 Å². The Morgan fingerprint density at radius 1 is 1.39 bits per heavy atom. The molecule has 6 nitrogen and oxygen atoms in total. The van der Waals surface area contributed by atoms with Crippen LogP contribution in [0, 0.1) is 0 Å². The fourth-order valence-corrected chi connectivity index (χ4v) is 2.24. The zero-order valence-corrected chi connectivity index (χ0v) is 14.4. The Labute approximate surface area is 145 Å². The Morgan fingerprint density at radius 3 is 2.65 bits per heavy atom. The highest BCUT2D eigenvalue weighted by molar-refractivity contribution is 6.31. The molecule has 0 aromatic heterocycles. The van der Waals surface area contributed by atoms with E-state index in [0.29, 0.717) is 10.6 Å². The number of anilines is 1. The molecule has 0 saturated carbocycles.